The number of unbranched alkanes of at least 4 members (excludes halogenated alkanes) is 4. The number of carboxylic acids is 1. The van der Waals surface area contributed by atoms with Crippen LogP contribution < -0.4 is 4.90 Å². The summed E-state index contributed by atoms with van der Waals surface area (Å²) in [5.74, 6) is -1.14. The van der Waals surface area contributed by atoms with Crippen LogP contribution in [0.4, 0.5) is 10.1 Å². The molecule has 4 heteroatoms. The Hall–Kier alpha value is -1.58. The zero-order chi connectivity index (χ0) is 14.8. The second-order valence-corrected chi connectivity index (χ2v) is 5.00. The van der Waals surface area contributed by atoms with Gasteiger partial charge in [-0.05, 0) is 18.6 Å². The van der Waals surface area contributed by atoms with E-state index in [1.165, 1.54) is 25.3 Å². The lowest BCUT2D eigenvalue weighted by atomic mass is 10.1. The molecule has 0 aliphatic heterocycles. The number of carbonyl (C=O) groups is 1. The van der Waals surface area contributed by atoms with Gasteiger partial charge in [0.25, 0.3) is 0 Å². The maximum absolute atomic E-state index is 13.8. The second kappa shape index (κ2) is 9.34. The third-order valence-corrected chi connectivity index (χ3v) is 3.32. The maximum atomic E-state index is 13.8. The fourth-order valence-corrected chi connectivity index (χ4v) is 2.20. The van der Waals surface area contributed by atoms with Gasteiger partial charge in [0.15, 0.2) is 0 Å². The van der Waals surface area contributed by atoms with E-state index in [4.69, 9.17) is 5.11 Å². The zero-order valence-corrected chi connectivity index (χ0v) is 12.1. The fourth-order valence-electron chi connectivity index (χ4n) is 2.20. The van der Waals surface area contributed by atoms with Crippen LogP contribution in [0.1, 0.15) is 45.4 Å². The van der Waals surface area contributed by atoms with Crippen LogP contribution >= 0.6 is 0 Å². The quantitative estimate of drug-likeness (QED) is 0.657. The first-order valence-corrected chi connectivity index (χ1v) is 7.36. The normalized spacial score (nSPS) is 10.5. The smallest absolute Gasteiger partial charge is 0.305 e. The first-order chi connectivity index (χ1) is 9.65. The van der Waals surface area contributed by atoms with Gasteiger partial charge in [-0.25, -0.2) is 4.39 Å². The molecule has 0 aliphatic carbocycles. The highest BCUT2D eigenvalue weighted by molar-refractivity contribution is 5.67. The summed E-state index contributed by atoms with van der Waals surface area (Å²) in [5, 5.41) is 8.80. The molecule has 0 aromatic heterocycles. The monoisotopic (exact) mass is 281 g/mol. The number of hydrogen-bond acceptors (Lipinski definition) is 2. The summed E-state index contributed by atoms with van der Waals surface area (Å²) in [7, 11) is 0. The van der Waals surface area contributed by atoms with Crippen molar-refractivity contribution in [2.24, 2.45) is 0 Å². The highest BCUT2D eigenvalue weighted by atomic mass is 19.1. The molecule has 0 atom stereocenters. The average molecular weight is 281 g/mol. The molecule has 0 spiro atoms. The standard InChI is InChI=1S/C16H24FNO2/c1-2-3-4-5-8-12-18(13-11-16(19)20)15-10-7-6-9-14(15)17/h6-7,9-10H,2-5,8,11-13H2,1H3,(H,19,20). The van der Waals surface area contributed by atoms with E-state index in [9.17, 15) is 9.18 Å². The average Bonchev–Trinajstić information content (AvgIpc) is 2.43. The van der Waals surface area contributed by atoms with Crippen molar-refractivity contribution in [1.29, 1.82) is 0 Å². The van der Waals surface area contributed by atoms with Crippen molar-refractivity contribution in [3.63, 3.8) is 0 Å². The predicted octanol–water partition coefficient (Wildman–Crippen LogP) is 4.08. The molecular formula is C16H24FNO2. The molecule has 0 saturated heterocycles. The Labute approximate surface area is 120 Å². The van der Waals surface area contributed by atoms with E-state index in [-0.39, 0.29) is 12.2 Å². The molecule has 3 nitrogen and oxygen atoms in total. The number of rotatable bonds is 10. The van der Waals surface area contributed by atoms with Gasteiger partial charge in [-0.1, -0.05) is 44.7 Å². The van der Waals surface area contributed by atoms with Crippen LogP contribution in [-0.4, -0.2) is 24.2 Å². The van der Waals surface area contributed by atoms with Crippen molar-refractivity contribution in [2.45, 2.75) is 45.4 Å². The van der Waals surface area contributed by atoms with E-state index in [1.807, 2.05) is 4.90 Å². The summed E-state index contributed by atoms with van der Waals surface area (Å²) >= 11 is 0. The van der Waals surface area contributed by atoms with Gasteiger partial charge in [0.2, 0.25) is 0 Å². The Morgan fingerprint density at radius 1 is 1.15 bits per heavy atom. The maximum Gasteiger partial charge on any atom is 0.305 e. The summed E-state index contributed by atoms with van der Waals surface area (Å²) in [6.07, 6.45) is 5.69. The minimum atomic E-state index is -0.850. The highest BCUT2D eigenvalue weighted by Gasteiger charge is 2.12. The number of benzene rings is 1. The van der Waals surface area contributed by atoms with Crippen molar-refractivity contribution < 1.29 is 14.3 Å². The van der Waals surface area contributed by atoms with E-state index >= 15 is 0 Å². The Bertz CT molecular complexity index is 409. The molecule has 112 valence electrons. The summed E-state index contributed by atoms with van der Waals surface area (Å²) in [4.78, 5) is 12.6. The number of para-hydroxylation sites is 1. The number of nitrogens with zero attached hydrogens (tertiary/aromatic N) is 1. The lowest BCUT2D eigenvalue weighted by molar-refractivity contribution is -0.136. The number of carboxylic acid groups (broad SMARTS) is 1. The predicted molar refractivity (Wildman–Crippen MR) is 79.6 cm³/mol. The van der Waals surface area contributed by atoms with Crippen LogP contribution in [0.5, 0.6) is 0 Å². The van der Waals surface area contributed by atoms with Crippen LogP contribution in [0.25, 0.3) is 0 Å². The van der Waals surface area contributed by atoms with E-state index in [0.717, 1.165) is 12.8 Å². The van der Waals surface area contributed by atoms with Gasteiger partial charge in [-0.15, -0.1) is 0 Å². The minimum Gasteiger partial charge on any atom is -0.481 e. The van der Waals surface area contributed by atoms with Crippen molar-refractivity contribution >= 4 is 11.7 Å². The Morgan fingerprint density at radius 2 is 1.85 bits per heavy atom. The lowest BCUT2D eigenvalue weighted by Gasteiger charge is -2.24. The van der Waals surface area contributed by atoms with Crippen LogP contribution in [0.3, 0.4) is 0 Å². The van der Waals surface area contributed by atoms with Crippen molar-refractivity contribution in [1.82, 2.24) is 0 Å². The third-order valence-electron chi connectivity index (χ3n) is 3.32. The largest absolute Gasteiger partial charge is 0.481 e. The molecule has 0 heterocycles. The minimum absolute atomic E-state index is 0.0310. The first-order valence-electron chi connectivity index (χ1n) is 7.36. The molecule has 1 rings (SSSR count). The molecule has 0 radical (unpaired) electrons. The van der Waals surface area contributed by atoms with Gasteiger partial charge >= 0.3 is 5.97 Å². The Morgan fingerprint density at radius 3 is 2.50 bits per heavy atom. The van der Waals surface area contributed by atoms with E-state index in [2.05, 4.69) is 6.92 Å². The van der Waals surface area contributed by atoms with Crippen molar-refractivity contribution in [3.8, 4) is 0 Å². The van der Waals surface area contributed by atoms with E-state index in [1.54, 1.807) is 18.2 Å². The molecule has 0 saturated carbocycles. The highest BCUT2D eigenvalue weighted by Crippen LogP contribution is 2.19. The molecule has 1 N–H and O–H groups in total. The number of hydrogen-bond donors (Lipinski definition) is 1. The van der Waals surface area contributed by atoms with Gasteiger partial charge in [-0.3, -0.25) is 4.79 Å². The van der Waals surface area contributed by atoms with Crippen LogP contribution in [0, 0.1) is 5.82 Å². The number of aliphatic carboxylic acids is 1. The third kappa shape index (κ3) is 6.04. The molecule has 0 fully saturated rings. The van der Waals surface area contributed by atoms with Crippen LogP contribution in [-0.2, 0) is 4.79 Å². The Balaban J connectivity index is 2.56. The first kappa shape index (κ1) is 16.5. The molecule has 1 aromatic carbocycles. The Kier molecular flexibility index (Phi) is 7.70. The zero-order valence-electron chi connectivity index (χ0n) is 12.1. The molecule has 0 bridgehead atoms. The molecule has 0 unspecified atom stereocenters. The van der Waals surface area contributed by atoms with E-state index in [0.29, 0.717) is 18.8 Å². The fraction of sp³-hybridized carbons (Fsp3) is 0.562. The number of anilines is 1. The van der Waals surface area contributed by atoms with E-state index < -0.39 is 5.97 Å². The van der Waals surface area contributed by atoms with Gasteiger partial charge in [0.05, 0.1) is 12.1 Å². The lowest BCUT2D eigenvalue weighted by Crippen LogP contribution is -2.28. The van der Waals surface area contributed by atoms with Crippen LogP contribution in [0.15, 0.2) is 24.3 Å². The molecule has 20 heavy (non-hydrogen) atoms. The summed E-state index contributed by atoms with van der Waals surface area (Å²) < 4.78 is 13.8. The summed E-state index contributed by atoms with van der Waals surface area (Å²) in [6.45, 7) is 3.22. The van der Waals surface area contributed by atoms with Gasteiger partial charge in [0, 0.05) is 13.1 Å². The summed E-state index contributed by atoms with van der Waals surface area (Å²) in [6, 6.07) is 6.56. The summed E-state index contributed by atoms with van der Waals surface area (Å²) in [5.41, 5.74) is 0.504. The van der Waals surface area contributed by atoms with Gasteiger partial charge in [0.1, 0.15) is 5.82 Å². The molecular weight excluding hydrogens is 257 g/mol. The second-order valence-electron chi connectivity index (χ2n) is 5.00. The van der Waals surface area contributed by atoms with Gasteiger partial charge in [-0.2, -0.15) is 0 Å². The van der Waals surface area contributed by atoms with Crippen molar-refractivity contribution in [2.75, 3.05) is 18.0 Å². The SMILES string of the molecule is CCCCCCCN(CCC(=O)O)c1ccccc1F. The molecule has 0 aliphatic rings. The van der Waals surface area contributed by atoms with Crippen LogP contribution in [0.2, 0.25) is 0 Å². The topological polar surface area (TPSA) is 40.5 Å². The van der Waals surface area contributed by atoms with Gasteiger partial charge < -0.3 is 10.0 Å². The van der Waals surface area contributed by atoms with Crippen molar-refractivity contribution in [3.05, 3.63) is 30.1 Å². The molecule has 0 amide bonds. The molecule has 1 aromatic rings. The number of halogens is 1.